The minimum absolute atomic E-state index is 0.274. The fourth-order valence-corrected chi connectivity index (χ4v) is 1.29. The molecule has 0 saturated carbocycles. The fourth-order valence-electron chi connectivity index (χ4n) is 1.12. The van der Waals surface area contributed by atoms with Gasteiger partial charge in [-0.05, 0) is 23.6 Å². The van der Waals surface area contributed by atoms with E-state index < -0.39 is 0 Å². The van der Waals surface area contributed by atoms with Crippen LogP contribution in [0.2, 0.25) is 0 Å². The lowest BCUT2D eigenvalue weighted by Crippen LogP contribution is -2.08. The Hall–Kier alpha value is -1.08. The normalized spacial score (nSPS) is 12.1. The molecule has 0 bridgehead atoms. The summed E-state index contributed by atoms with van der Waals surface area (Å²) in [6, 6.07) is 9.75. The molecule has 0 saturated heterocycles. The Morgan fingerprint density at radius 1 is 1.46 bits per heavy atom. The van der Waals surface area contributed by atoms with Crippen LogP contribution < -0.4 is 0 Å². The summed E-state index contributed by atoms with van der Waals surface area (Å²) in [6.45, 7) is 3.57. The van der Waals surface area contributed by atoms with Gasteiger partial charge >= 0.3 is 0 Å². The molecule has 0 aliphatic carbocycles. The second-order valence-corrected chi connectivity index (χ2v) is 3.21. The Morgan fingerprint density at radius 3 is 2.54 bits per heavy atom. The van der Waals surface area contributed by atoms with E-state index in [4.69, 9.17) is 11.6 Å². The highest BCUT2D eigenvalue weighted by atomic mass is 35.5. The van der Waals surface area contributed by atoms with Crippen molar-refractivity contribution in [2.45, 2.75) is 6.42 Å². The van der Waals surface area contributed by atoms with Crippen molar-refractivity contribution in [3.8, 4) is 0 Å². The predicted octanol–water partition coefficient (Wildman–Crippen LogP) is 2.80. The minimum Gasteiger partial charge on any atom is -0.281 e. The molecule has 0 heterocycles. The number of carbonyl (C=O) groups excluding carboxylic acids is 1. The molecule has 0 unspecified atom stereocenters. The zero-order chi connectivity index (χ0) is 9.68. The van der Waals surface area contributed by atoms with E-state index in [1.807, 2.05) is 30.3 Å². The molecule has 0 aromatic heterocycles. The molecule has 1 aromatic rings. The number of rotatable bonds is 4. The zero-order valence-corrected chi connectivity index (χ0v) is 8.00. The van der Waals surface area contributed by atoms with Crippen LogP contribution in [-0.4, -0.2) is 5.24 Å². The van der Waals surface area contributed by atoms with E-state index in [2.05, 4.69) is 6.58 Å². The lowest BCUT2D eigenvalue weighted by atomic mass is 10.0. The fraction of sp³-hybridized carbons (Fsp3) is 0.182. The summed E-state index contributed by atoms with van der Waals surface area (Å²) >= 11 is 5.38. The van der Waals surface area contributed by atoms with Crippen LogP contribution in [0.5, 0.6) is 0 Å². The highest BCUT2D eigenvalue weighted by Gasteiger charge is 2.11. The number of benzene rings is 1. The molecular weight excluding hydrogens is 184 g/mol. The van der Waals surface area contributed by atoms with Crippen LogP contribution in [0.3, 0.4) is 0 Å². The molecule has 0 aliphatic heterocycles. The third kappa shape index (κ3) is 3.03. The van der Waals surface area contributed by atoms with Crippen LogP contribution in [0, 0.1) is 5.92 Å². The summed E-state index contributed by atoms with van der Waals surface area (Å²) in [4.78, 5) is 10.9. The molecular formula is C11H11ClO. The first kappa shape index (κ1) is 10.0. The standard InChI is InChI=1S/C11H11ClO/c1-2-10(11(12)13)8-9-6-4-3-5-7-9/h2-7,10H,1,8H2/t10-/m0/s1. The maximum Gasteiger partial charge on any atom is 0.228 e. The van der Waals surface area contributed by atoms with Crippen molar-refractivity contribution < 1.29 is 4.79 Å². The Balaban J connectivity index is 2.67. The van der Waals surface area contributed by atoms with Gasteiger partial charge in [-0.25, -0.2) is 0 Å². The van der Waals surface area contributed by atoms with Gasteiger partial charge < -0.3 is 0 Å². The predicted molar refractivity (Wildman–Crippen MR) is 54.7 cm³/mol. The van der Waals surface area contributed by atoms with E-state index in [1.165, 1.54) is 0 Å². The molecule has 1 rings (SSSR count). The topological polar surface area (TPSA) is 17.1 Å². The molecule has 2 heteroatoms. The van der Waals surface area contributed by atoms with E-state index in [0.29, 0.717) is 6.42 Å². The lowest BCUT2D eigenvalue weighted by molar-refractivity contribution is -0.113. The Kier molecular flexibility index (Phi) is 3.71. The third-order valence-corrected chi connectivity index (χ3v) is 2.15. The van der Waals surface area contributed by atoms with Crippen LogP contribution in [0.1, 0.15) is 5.56 Å². The molecule has 0 fully saturated rings. The summed E-state index contributed by atoms with van der Waals surface area (Å²) in [6.07, 6.45) is 2.22. The monoisotopic (exact) mass is 194 g/mol. The van der Waals surface area contributed by atoms with Gasteiger partial charge in [0.05, 0.1) is 5.92 Å². The average molecular weight is 195 g/mol. The Labute approximate surface area is 83.0 Å². The molecule has 0 spiro atoms. The second-order valence-electron chi connectivity index (χ2n) is 2.84. The van der Waals surface area contributed by atoms with Gasteiger partial charge in [0.15, 0.2) is 0 Å². The molecule has 0 radical (unpaired) electrons. The van der Waals surface area contributed by atoms with Gasteiger partial charge in [-0.15, -0.1) is 6.58 Å². The SMILES string of the molecule is C=C[C@@H](Cc1ccccc1)C(=O)Cl. The van der Waals surface area contributed by atoms with Crippen molar-refractivity contribution in [1.29, 1.82) is 0 Å². The molecule has 0 amide bonds. The second kappa shape index (κ2) is 4.83. The maximum atomic E-state index is 10.9. The van der Waals surface area contributed by atoms with Crippen molar-refractivity contribution in [2.75, 3.05) is 0 Å². The van der Waals surface area contributed by atoms with Gasteiger partial charge in [0.25, 0.3) is 0 Å². The van der Waals surface area contributed by atoms with E-state index in [0.717, 1.165) is 5.56 Å². The van der Waals surface area contributed by atoms with Crippen molar-refractivity contribution in [3.63, 3.8) is 0 Å². The van der Waals surface area contributed by atoms with Gasteiger partial charge in [0.2, 0.25) is 5.24 Å². The van der Waals surface area contributed by atoms with Crippen LogP contribution in [0.25, 0.3) is 0 Å². The summed E-state index contributed by atoms with van der Waals surface area (Å²) < 4.78 is 0. The van der Waals surface area contributed by atoms with Gasteiger partial charge in [0, 0.05) is 0 Å². The molecule has 68 valence electrons. The van der Waals surface area contributed by atoms with Crippen LogP contribution in [0.15, 0.2) is 43.0 Å². The summed E-state index contributed by atoms with van der Waals surface area (Å²) in [5.41, 5.74) is 1.10. The van der Waals surface area contributed by atoms with E-state index in [1.54, 1.807) is 6.08 Å². The lowest BCUT2D eigenvalue weighted by Gasteiger charge is -2.06. The van der Waals surface area contributed by atoms with Crippen LogP contribution in [0.4, 0.5) is 0 Å². The van der Waals surface area contributed by atoms with Crippen molar-refractivity contribution in [2.24, 2.45) is 5.92 Å². The number of hydrogen-bond donors (Lipinski definition) is 0. The summed E-state index contributed by atoms with van der Waals surface area (Å²) in [7, 11) is 0. The highest BCUT2D eigenvalue weighted by Crippen LogP contribution is 2.12. The summed E-state index contributed by atoms with van der Waals surface area (Å²) in [5, 5.41) is -0.348. The van der Waals surface area contributed by atoms with E-state index >= 15 is 0 Å². The first-order valence-electron chi connectivity index (χ1n) is 4.10. The Morgan fingerprint density at radius 2 is 2.08 bits per heavy atom. The summed E-state index contributed by atoms with van der Waals surface area (Å²) in [5.74, 6) is -0.274. The maximum absolute atomic E-state index is 10.9. The first-order valence-corrected chi connectivity index (χ1v) is 4.47. The number of allylic oxidation sites excluding steroid dienone is 1. The largest absolute Gasteiger partial charge is 0.281 e. The van der Waals surface area contributed by atoms with E-state index in [9.17, 15) is 4.79 Å². The Bertz CT molecular complexity index is 292. The van der Waals surface area contributed by atoms with E-state index in [-0.39, 0.29) is 11.2 Å². The third-order valence-electron chi connectivity index (χ3n) is 1.87. The van der Waals surface area contributed by atoms with Gasteiger partial charge in [-0.2, -0.15) is 0 Å². The first-order chi connectivity index (χ1) is 6.24. The molecule has 0 aliphatic rings. The average Bonchev–Trinajstić information content (AvgIpc) is 2.15. The van der Waals surface area contributed by atoms with Crippen molar-refractivity contribution >= 4 is 16.8 Å². The van der Waals surface area contributed by atoms with Gasteiger partial charge in [-0.3, -0.25) is 4.79 Å². The zero-order valence-electron chi connectivity index (χ0n) is 7.24. The van der Waals surface area contributed by atoms with Crippen LogP contribution >= 0.6 is 11.6 Å². The number of hydrogen-bond acceptors (Lipinski definition) is 1. The smallest absolute Gasteiger partial charge is 0.228 e. The molecule has 13 heavy (non-hydrogen) atoms. The number of carbonyl (C=O) groups is 1. The van der Waals surface area contributed by atoms with Gasteiger partial charge in [-0.1, -0.05) is 36.4 Å². The van der Waals surface area contributed by atoms with Crippen molar-refractivity contribution in [1.82, 2.24) is 0 Å². The molecule has 0 N–H and O–H groups in total. The van der Waals surface area contributed by atoms with Crippen molar-refractivity contribution in [3.05, 3.63) is 48.6 Å². The molecule has 1 atom stereocenters. The molecule has 1 aromatic carbocycles. The number of halogens is 1. The minimum atomic E-state index is -0.348. The van der Waals surface area contributed by atoms with Crippen LogP contribution in [-0.2, 0) is 11.2 Å². The quantitative estimate of drug-likeness (QED) is 0.532. The highest BCUT2D eigenvalue weighted by molar-refractivity contribution is 6.64. The molecule has 1 nitrogen and oxygen atoms in total. The van der Waals surface area contributed by atoms with Gasteiger partial charge in [0.1, 0.15) is 0 Å².